The molecule has 2 heterocycles. The van der Waals surface area contributed by atoms with Crippen LogP contribution in [0.25, 0.3) is 0 Å². The molecule has 0 radical (unpaired) electrons. The Labute approximate surface area is 135 Å². The van der Waals surface area contributed by atoms with Crippen molar-refractivity contribution in [3.63, 3.8) is 0 Å². The van der Waals surface area contributed by atoms with Gasteiger partial charge in [-0.15, -0.1) is 0 Å². The highest BCUT2D eigenvalue weighted by molar-refractivity contribution is 6.00. The lowest BCUT2D eigenvalue weighted by Gasteiger charge is -2.32. The number of anilines is 1. The molecule has 0 unspecified atom stereocenters. The molecule has 124 valence electrons. The molecule has 0 aromatic heterocycles. The van der Waals surface area contributed by atoms with E-state index in [0.717, 1.165) is 25.9 Å². The first kappa shape index (κ1) is 15.7. The van der Waals surface area contributed by atoms with Crippen LogP contribution in [0.3, 0.4) is 0 Å². The molecule has 3 rings (SSSR count). The second-order valence-corrected chi connectivity index (χ2v) is 6.20. The van der Waals surface area contributed by atoms with E-state index in [9.17, 15) is 14.9 Å². The van der Waals surface area contributed by atoms with Gasteiger partial charge in [-0.3, -0.25) is 19.8 Å². The first-order valence-corrected chi connectivity index (χ1v) is 8.11. The molecule has 0 spiro atoms. The van der Waals surface area contributed by atoms with Crippen LogP contribution in [0.2, 0.25) is 0 Å². The number of carbonyl (C=O) groups is 1. The largest absolute Gasteiger partial charge is 0.387 e. The number of non-ortho nitro benzene ring substituents is 1. The molecule has 2 atom stereocenters. The number of carbonyl (C=O) groups excluding carboxylic acids is 1. The van der Waals surface area contributed by atoms with Crippen LogP contribution in [0.15, 0.2) is 18.2 Å². The highest BCUT2D eigenvalue weighted by Crippen LogP contribution is 2.28. The van der Waals surface area contributed by atoms with Crippen LogP contribution in [0, 0.1) is 10.1 Å². The van der Waals surface area contributed by atoms with Crippen molar-refractivity contribution in [1.29, 1.82) is 0 Å². The number of nitro groups is 1. The molecule has 2 aliphatic rings. The van der Waals surface area contributed by atoms with Gasteiger partial charge in [0.15, 0.2) is 0 Å². The van der Waals surface area contributed by atoms with Crippen LogP contribution in [0.4, 0.5) is 11.4 Å². The van der Waals surface area contributed by atoms with Gasteiger partial charge in [0.25, 0.3) is 11.6 Å². The average molecular weight is 318 g/mol. The molecule has 1 amide bonds. The van der Waals surface area contributed by atoms with Crippen molar-refractivity contribution in [1.82, 2.24) is 10.2 Å². The van der Waals surface area contributed by atoms with E-state index in [1.807, 2.05) is 0 Å². The number of hydrogen-bond donors (Lipinski definition) is 2. The summed E-state index contributed by atoms with van der Waals surface area (Å²) < 4.78 is 0. The molecular weight excluding hydrogens is 296 g/mol. The van der Waals surface area contributed by atoms with E-state index in [1.165, 1.54) is 25.0 Å². The van der Waals surface area contributed by atoms with Crippen molar-refractivity contribution in [3.05, 3.63) is 33.9 Å². The summed E-state index contributed by atoms with van der Waals surface area (Å²) in [6.07, 6.45) is 4.48. The molecule has 7 nitrogen and oxygen atoms in total. The molecule has 2 saturated heterocycles. The van der Waals surface area contributed by atoms with Crippen LogP contribution in [-0.4, -0.2) is 48.0 Å². The summed E-state index contributed by atoms with van der Waals surface area (Å²) >= 11 is 0. The minimum Gasteiger partial charge on any atom is -0.387 e. The van der Waals surface area contributed by atoms with Gasteiger partial charge in [-0.1, -0.05) is 6.42 Å². The molecule has 0 bridgehead atoms. The zero-order chi connectivity index (χ0) is 16.4. The molecule has 2 N–H and O–H groups in total. The Morgan fingerprint density at radius 2 is 2.13 bits per heavy atom. The van der Waals surface area contributed by atoms with Gasteiger partial charge in [0, 0.05) is 43.5 Å². The molecular formula is C16H22N4O3. The number of hydrogen-bond acceptors (Lipinski definition) is 5. The number of nitro benzene ring substituents is 1. The van der Waals surface area contributed by atoms with Crippen molar-refractivity contribution < 1.29 is 9.72 Å². The van der Waals surface area contributed by atoms with Gasteiger partial charge in [-0.05, 0) is 31.9 Å². The van der Waals surface area contributed by atoms with Crippen LogP contribution in [-0.2, 0) is 0 Å². The predicted octanol–water partition coefficient (Wildman–Crippen LogP) is 1.99. The first-order valence-electron chi connectivity index (χ1n) is 8.11. The summed E-state index contributed by atoms with van der Waals surface area (Å²) in [6.45, 7) is 2.12. The van der Waals surface area contributed by atoms with E-state index < -0.39 is 4.92 Å². The lowest BCUT2D eigenvalue weighted by Crippen LogP contribution is -2.46. The smallest absolute Gasteiger partial charge is 0.270 e. The Morgan fingerprint density at radius 3 is 2.87 bits per heavy atom. The maximum absolute atomic E-state index is 12.6. The fourth-order valence-electron chi connectivity index (χ4n) is 3.71. The second-order valence-electron chi connectivity index (χ2n) is 6.20. The summed E-state index contributed by atoms with van der Waals surface area (Å²) in [7, 11) is 1.70. The summed E-state index contributed by atoms with van der Waals surface area (Å²) in [5.41, 5.74) is 0.863. The third-order valence-corrected chi connectivity index (χ3v) is 4.90. The minimum atomic E-state index is -0.478. The van der Waals surface area contributed by atoms with Gasteiger partial charge in [-0.2, -0.15) is 0 Å². The molecule has 7 heteroatoms. The lowest BCUT2D eigenvalue weighted by atomic mass is 9.98. The molecule has 1 aromatic carbocycles. The fraction of sp³-hybridized carbons (Fsp3) is 0.562. The van der Waals surface area contributed by atoms with Gasteiger partial charge in [0.2, 0.25) is 0 Å². The first-order chi connectivity index (χ1) is 11.1. The SMILES string of the molecule is CNc1ccc([N+](=O)[O-])cc1C(=O)N[C@H]1CCN2CCCC[C@@H]12. The number of benzene rings is 1. The van der Waals surface area contributed by atoms with E-state index in [4.69, 9.17) is 0 Å². The molecule has 2 fully saturated rings. The number of piperidine rings is 1. The molecule has 0 aliphatic carbocycles. The topological polar surface area (TPSA) is 87.5 Å². The van der Waals surface area contributed by atoms with Gasteiger partial charge >= 0.3 is 0 Å². The molecule has 2 aliphatic heterocycles. The van der Waals surface area contributed by atoms with Gasteiger partial charge < -0.3 is 10.6 Å². The van der Waals surface area contributed by atoms with E-state index >= 15 is 0 Å². The minimum absolute atomic E-state index is 0.0696. The monoisotopic (exact) mass is 318 g/mol. The van der Waals surface area contributed by atoms with Crippen LogP contribution in [0.5, 0.6) is 0 Å². The number of nitrogens with zero attached hydrogens (tertiary/aromatic N) is 2. The van der Waals surface area contributed by atoms with Crippen molar-refractivity contribution >= 4 is 17.3 Å². The Bertz CT molecular complexity index is 619. The van der Waals surface area contributed by atoms with Gasteiger partial charge in [0.05, 0.1) is 10.5 Å². The normalized spacial score (nSPS) is 24.0. The number of rotatable bonds is 4. The zero-order valence-corrected chi connectivity index (χ0v) is 13.2. The van der Waals surface area contributed by atoms with Crippen molar-refractivity contribution in [2.24, 2.45) is 0 Å². The lowest BCUT2D eigenvalue weighted by molar-refractivity contribution is -0.384. The highest BCUT2D eigenvalue weighted by Gasteiger charge is 2.36. The Morgan fingerprint density at radius 1 is 1.30 bits per heavy atom. The summed E-state index contributed by atoms with van der Waals surface area (Å²) in [6, 6.07) is 4.86. The third-order valence-electron chi connectivity index (χ3n) is 4.90. The van der Waals surface area contributed by atoms with Crippen LogP contribution >= 0.6 is 0 Å². The zero-order valence-electron chi connectivity index (χ0n) is 13.2. The third kappa shape index (κ3) is 3.14. The van der Waals surface area contributed by atoms with Gasteiger partial charge in [-0.25, -0.2) is 0 Å². The average Bonchev–Trinajstić information content (AvgIpc) is 2.97. The van der Waals surface area contributed by atoms with E-state index in [2.05, 4.69) is 15.5 Å². The van der Waals surface area contributed by atoms with Crippen LogP contribution < -0.4 is 10.6 Å². The van der Waals surface area contributed by atoms with Crippen molar-refractivity contribution in [2.45, 2.75) is 37.8 Å². The number of amides is 1. The Balaban J connectivity index is 1.77. The number of nitrogens with one attached hydrogen (secondary N) is 2. The van der Waals surface area contributed by atoms with Crippen molar-refractivity contribution in [3.8, 4) is 0 Å². The summed E-state index contributed by atoms with van der Waals surface area (Å²) in [5.74, 6) is -0.240. The maximum atomic E-state index is 12.6. The number of fused-ring (bicyclic) bond motifs is 1. The second kappa shape index (κ2) is 6.54. The predicted molar refractivity (Wildman–Crippen MR) is 87.7 cm³/mol. The maximum Gasteiger partial charge on any atom is 0.270 e. The Kier molecular flexibility index (Phi) is 4.47. The summed E-state index contributed by atoms with van der Waals surface area (Å²) in [5, 5.41) is 17.0. The van der Waals surface area contributed by atoms with E-state index in [-0.39, 0.29) is 17.6 Å². The quantitative estimate of drug-likeness (QED) is 0.655. The highest BCUT2D eigenvalue weighted by atomic mass is 16.6. The standard InChI is InChI=1S/C16H22N4O3/c1-17-13-6-5-11(20(22)23)10-12(13)16(21)18-14-7-9-19-8-3-2-4-15(14)19/h5-6,10,14-15,17H,2-4,7-9H2,1H3,(H,18,21)/t14-,15-/m0/s1. The van der Waals surface area contributed by atoms with Crippen molar-refractivity contribution in [2.75, 3.05) is 25.5 Å². The molecule has 1 aromatic rings. The van der Waals surface area contributed by atoms with Crippen LogP contribution in [0.1, 0.15) is 36.0 Å². The summed E-state index contributed by atoms with van der Waals surface area (Å²) in [4.78, 5) is 25.6. The fourth-order valence-corrected chi connectivity index (χ4v) is 3.71. The van der Waals surface area contributed by atoms with E-state index in [1.54, 1.807) is 13.1 Å². The molecule has 23 heavy (non-hydrogen) atoms. The van der Waals surface area contributed by atoms with E-state index in [0.29, 0.717) is 17.3 Å². The van der Waals surface area contributed by atoms with Gasteiger partial charge in [0.1, 0.15) is 0 Å². The Hall–Kier alpha value is -2.15. The molecule has 0 saturated carbocycles.